The van der Waals surface area contributed by atoms with E-state index < -0.39 is 0 Å². The van der Waals surface area contributed by atoms with Gasteiger partial charge in [0.05, 0.1) is 0 Å². The Hall–Kier alpha value is -1.80. The number of nitrogens with two attached hydrogens (primary N) is 1. The number of benzene rings is 2. The molecule has 1 aliphatic heterocycles. The molecule has 0 radical (unpaired) electrons. The zero-order chi connectivity index (χ0) is 14.7. The van der Waals surface area contributed by atoms with Gasteiger partial charge in [-0.05, 0) is 37.0 Å². The predicted octanol–water partition coefficient (Wildman–Crippen LogP) is 3.49. The Bertz CT molecular complexity index is 592. The van der Waals surface area contributed by atoms with Crippen molar-refractivity contribution in [1.29, 1.82) is 0 Å². The van der Waals surface area contributed by atoms with Crippen LogP contribution in [-0.4, -0.2) is 19.6 Å². The molecule has 0 aromatic heterocycles. The molecule has 2 heteroatoms. The standard InChI is InChI=1S/C19H24N2/c1-15-9-10-19-17(12-15)8-5-11-21(19)14-18(13-20)16-6-3-2-4-7-16/h2-4,6-7,9-10,12,18H,5,8,11,13-14,20H2,1H3. The van der Waals surface area contributed by atoms with Gasteiger partial charge in [0.1, 0.15) is 0 Å². The summed E-state index contributed by atoms with van der Waals surface area (Å²) < 4.78 is 0. The maximum atomic E-state index is 6.04. The van der Waals surface area contributed by atoms with Crippen LogP contribution >= 0.6 is 0 Å². The molecule has 0 amide bonds. The molecule has 21 heavy (non-hydrogen) atoms. The van der Waals surface area contributed by atoms with E-state index in [-0.39, 0.29) is 0 Å². The summed E-state index contributed by atoms with van der Waals surface area (Å²) in [5, 5.41) is 0. The zero-order valence-electron chi connectivity index (χ0n) is 12.8. The van der Waals surface area contributed by atoms with Crippen LogP contribution in [0.5, 0.6) is 0 Å². The molecule has 1 unspecified atom stereocenters. The molecular weight excluding hydrogens is 256 g/mol. The third-order valence-electron chi connectivity index (χ3n) is 4.45. The van der Waals surface area contributed by atoms with Crippen LogP contribution in [0.15, 0.2) is 48.5 Å². The topological polar surface area (TPSA) is 29.3 Å². The number of nitrogens with zero attached hydrogens (tertiary/aromatic N) is 1. The van der Waals surface area contributed by atoms with Gasteiger partial charge in [-0.2, -0.15) is 0 Å². The molecule has 0 aliphatic carbocycles. The maximum absolute atomic E-state index is 6.04. The van der Waals surface area contributed by atoms with Gasteiger partial charge in [0.25, 0.3) is 0 Å². The Morgan fingerprint density at radius 1 is 1.14 bits per heavy atom. The number of anilines is 1. The molecule has 0 spiro atoms. The molecule has 2 aromatic rings. The fraction of sp³-hybridized carbons (Fsp3) is 0.368. The van der Waals surface area contributed by atoms with Gasteiger partial charge in [0, 0.05) is 31.2 Å². The first-order valence-electron chi connectivity index (χ1n) is 7.87. The van der Waals surface area contributed by atoms with E-state index in [4.69, 9.17) is 5.73 Å². The lowest BCUT2D eigenvalue weighted by Crippen LogP contribution is -2.35. The Labute approximate surface area is 127 Å². The molecule has 110 valence electrons. The second kappa shape index (κ2) is 6.31. The molecule has 3 rings (SSSR count). The van der Waals surface area contributed by atoms with Crippen molar-refractivity contribution in [2.45, 2.75) is 25.7 Å². The largest absolute Gasteiger partial charge is 0.371 e. The van der Waals surface area contributed by atoms with Gasteiger partial charge in [-0.3, -0.25) is 0 Å². The van der Waals surface area contributed by atoms with E-state index in [1.807, 2.05) is 0 Å². The van der Waals surface area contributed by atoms with E-state index in [1.165, 1.54) is 35.2 Å². The molecule has 0 fully saturated rings. The lowest BCUT2D eigenvalue weighted by atomic mass is 9.95. The lowest BCUT2D eigenvalue weighted by molar-refractivity contribution is 0.616. The minimum absolute atomic E-state index is 0.401. The highest BCUT2D eigenvalue weighted by Crippen LogP contribution is 2.30. The van der Waals surface area contributed by atoms with Crippen molar-refractivity contribution < 1.29 is 0 Å². The number of fused-ring (bicyclic) bond motifs is 1. The summed E-state index contributed by atoms with van der Waals surface area (Å²) in [5.41, 5.74) is 11.6. The highest BCUT2D eigenvalue weighted by Gasteiger charge is 2.20. The molecule has 2 aromatic carbocycles. The SMILES string of the molecule is Cc1ccc2c(c1)CCCN2CC(CN)c1ccccc1. The Kier molecular flexibility index (Phi) is 4.26. The third-order valence-corrected chi connectivity index (χ3v) is 4.45. The highest BCUT2D eigenvalue weighted by atomic mass is 15.1. The van der Waals surface area contributed by atoms with Crippen LogP contribution in [0.2, 0.25) is 0 Å². The lowest BCUT2D eigenvalue weighted by Gasteiger charge is -2.34. The molecule has 0 saturated heterocycles. The van der Waals surface area contributed by atoms with Gasteiger partial charge in [0.2, 0.25) is 0 Å². The molecule has 0 saturated carbocycles. The first-order valence-corrected chi connectivity index (χ1v) is 7.87. The molecule has 1 aliphatic rings. The van der Waals surface area contributed by atoms with Crippen molar-refractivity contribution in [2.24, 2.45) is 5.73 Å². The fourth-order valence-electron chi connectivity index (χ4n) is 3.30. The monoisotopic (exact) mass is 280 g/mol. The van der Waals surface area contributed by atoms with Crippen LogP contribution in [0.3, 0.4) is 0 Å². The first kappa shape index (κ1) is 14.2. The normalized spacial score (nSPS) is 15.6. The highest BCUT2D eigenvalue weighted by molar-refractivity contribution is 5.57. The Morgan fingerprint density at radius 3 is 2.71 bits per heavy atom. The van der Waals surface area contributed by atoms with Gasteiger partial charge in [0.15, 0.2) is 0 Å². The Morgan fingerprint density at radius 2 is 1.95 bits per heavy atom. The van der Waals surface area contributed by atoms with Gasteiger partial charge in [-0.1, -0.05) is 48.0 Å². The van der Waals surface area contributed by atoms with Crippen LogP contribution in [0.4, 0.5) is 5.69 Å². The van der Waals surface area contributed by atoms with Crippen molar-refractivity contribution in [1.82, 2.24) is 0 Å². The fourth-order valence-corrected chi connectivity index (χ4v) is 3.30. The van der Waals surface area contributed by atoms with Crippen LogP contribution in [-0.2, 0) is 6.42 Å². The first-order chi connectivity index (χ1) is 10.3. The predicted molar refractivity (Wildman–Crippen MR) is 90.0 cm³/mol. The number of rotatable bonds is 4. The van der Waals surface area contributed by atoms with Crippen molar-refractivity contribution in [3.63, 3.8) is 0 Å². The third kappa shape index (κ3) is 3.11. The van der Waals surface area contributed by atoms with Crippen LogP contribution in [0.25, 0.3) is 0 Å². The average Bonchev–Trinajstić information content (AvgIpc) is 2.53. The van der Waals surface area contributed by atoms with E-state index in [1.54, 1.807) is 0 Å². The summed E-state index contributed by atoms with van der Waals surface area (Å²) in [7, 11) is 0. The second-order valence-corrected chi connectivity index (χ2v) is 6.03. The Balaban J connectivity index is 1.82. The van der Waals surface area contributed by atoms with E-state index in [9.17, 15) is 0 Å². The summed E-state index contributed by atoms with van der Waals surface area (Å²) in [4.78, 5) is 2.52. The zero-order valence-corrected chi connectivity index (χ0v) is 12.8. The molecule has 0 bridgehead atoms. The van der Waals surface area contributed by atoms with Crippen LogP contribution in [0, 0.1) is 6.92 Å². The van der Waals surface area contributed by atoms with Gasteiger partial charge in [-0.25, -0.2) is 0 Å². The smallest absolute Gasteiger partial charge is 0.0399 e. The minimum Gasteiger partial charge on any atom is -0.371 e. The molecule has 1 heterocycles. The molecule has 2 nitrogen and oxygen atoms in total. The summed E-state index contributed by atoms with van der Waals surface area (Å²) in [6, 6.07) is 17.5. The van der Waals surface area contributed by atoms with Crippen molar-refractivity contribution >= 4 is 5.69 Å². The van der Waals surface area contributed by atoms with Gasteiger partial charge < -0.3 is 10.6 Å². The van der Waals surface area contributed by atoms with Crippen molar-refractivity contribution in [3.05, 3.63) is 65.2 Å². The molecule has 2 N–H and O–H groups in total. The van der Waals surface area contributed by atoms with E-state index in [2.05, 4.69) is 60.4 Å². The maximum Gasteiger partial charge on any atom is 0.0399 e. The second-order valence-electron chi connectivity index (χ2n) is 6.03. The quantitative estimate of drug-likeness (QED) is 0.929. The summed E-state index contributed by atoms with van der Waals surface area (Å²) in [6.07, 6.45) is 2.44. The average molecular weight is 280 g/mol. The number of hydrogen-bond donors (Lipinski definition) is 1. The summed E-state index contributed by atoms with van der Waals surface area (Å²) in [6.45, 7) is 5.02. The van der Waals surface area contributed by atoms with Gasteiger partial charge in [-0.15, -0.1) is 0 Å². The van der Waals surface area contributed by atoms with Crippen molar-refractivity contribution in [2.75, 3.05) is 24.5 Å². The summed E-state index contributed by atoms with van der Waals surface area (Å²) >= 11 is 0. The van der Waals surface area contributed by atoms with Gasteiger partial charge >= 0.3 is 0 Å². The van der Waals surface area contributed by atoms with E-state index >= 15 is 0 Å². The van der Waals surface area contributed by atoms with Crippen LogP contribution < -0.4 is 10.6 Å². The number of hydrogen-bond acceptors (Lipinski definition) is 2. The molecule has 1 atom stereocenters. The van der Waals surface area contributed by atoms with Crippen molar-refractivity contribution in [3.8, 4) is 0 Å². The van der Waals surface area contributed by atoms with E-state index in [0.717, 1.165) is 13.1 Å². The van der Waals surface area contributed by atoms with E-state index in [0.29, 0.717) is 12.5 Å². The van der Waals surface area contributed by atoms with Crippen LogP contribution in [0.1, 0.15) is 29.0 Å². The summed E-state index contributed by atoms with van der Waals surface area (Å²) in [5.74, 6) is 0.401. The number of aryl methyl sites for hydroxylation is 2. The molecular formula is C19H24N2. The minimum atomic E-state index is 0.401.